The van der Waals surface area contributed by atoms with E-state index in [0.29, 0.717) is 0 Å². The second-order valence-electron chi connectivity index (χ2n) is 1.49. The third-order valence-corrected chi connectivity index (χ3v) is 0.494. The average molecular weight is 95.0 g/mol. The van der Waals surface area contributed by atoms with Gasteiger partial charge in [0.05, 0.1) is 5.92 Å². The summed E-state index contributed by atoms with van der Waals surface area (Å²) in [5, 5.41) is 7.99. The largest absolute Gasteiger partial charge is 0.481 e. The third kappa shape index (κ3) is 6.07. The van der Waals surface area contributed by atoms with Crippen molar-refractivity contribution in [3.05, 3.63) is 0 Å². The Morgan fingerprint density at radius 1 is 1.57 bits per heavy atom. The fraction of sp³-hybridized carbons (Fsp3) is 0.750. The first-order valence-corrected chi connectivity index (χ1v) is 1.87. The number of rotatable bonds is 1. The molecule has 0 aromatic heterocycles. The molecule has 0 fully saturated rings. The fourth-order valence-corrected chi connectivity index (χ4v) is 0. The van der Waals surface area contributed by atoms with Crippen LogP contribution in [0.1, 0.15) is 13.8 Å². The molecular weight excluding hydrogens is 87.0 g/mol. The molecule has 0 aliphatic rings. The van der Waals surface area contributed by atoms with Gasteiger partial charge in [-0.25, -0.2) is 0 Å². The first-order chi connectivity index (χ1) is 2.64. The molecule has 0 aromatic rings. The predicted molar refractivity (Wildman–Crippen MR) is 28.2 cm³/mol. The Balaban J connectivity index is 0. The van der Waals surface area contributed by atoms with Gasteiger partial charge in [0, 0.05) is 18.9 Å². The van der Waals surface area contributed by atoms with Crippen LogP contribution in [0.15, 0.2) is 0 Å². The summed E-state index contributed by atoms with van der Waals surface area (Å²) in [6.07, 6.45) is 0. The number of aliphatic carboxylic acids is 1. The van der Waals surface area contributed by atoms with Crippen LogP contribution in [0.3, 0.4) is 0 Å². The normalized spacial score (nSPS) is 7.86. The molecule has 0 atom stereocenters. The number of carboxylic acids is 1. The van der Waals surface area contributed by atoms with E-state index in [1.807, 2.05) is 0 Å². The van der Waals surface area contributed by atoms with Gasteiger partial charge in [-0.3, -0.25) is 4.79 Å². The number of hydrogen-bond acceptors (Lipinski definition) is 1. The van der Waals surface area contributed by atoms with Gasteiger partial charge in [-0.05, 0) is 0 Å². The monoisotopic (exact) mass is 95.1 g/mol. The van der Waals surface area contributed by atoms with E-state index in [-0.39, 0.29) is 24.8 Å². The molecule has 7 heavy (non-hydrogen) atoms. The van der Waals surface area contributed by atoms with E-state index < -0.39 is 5.97 Å². The molecule has 0 unspecified atom stereocenters. The number of carbonyl (C=O) groups is 1. The van der Waals surface area contributed by atoms with Crippen LogP contribution < -0.4 is 0 Å². The third-order valence-electron chi connectivity index (χ3n) is 0.494. The van der Waals surface area contributed by atoms with E-state index in [2.05, 4.69) is 0 Å². The molecule has 2 nitrogen and oxygen atoms in total. The second-order valence-corrected chi connectivity index (χ2v) is 1.49. The van der Waals surface area contributed by atoms with Crippen molar-refractivity contribution in [1.82, 2.24) is 0 Å². The number of carboxylic acid groups (broad SMARTS) is 1. The summed E-state index contributed by atoms with van der Waals surface area (Å²) in [5.74, 6) is -0.972. The van der Waals surface area contributed by atoms with E-state index in [1.54, 1.807) is 13.8 Å². The molecule has 1 radical (unpaired) electrons. The predicted octanol–water partition coefficient (Wildman–Crippen LogP) is 0.346. The van der Waals surface area contributed by atoms with Gasteiger partial charge in [0.15, 0.2) is 0 Å². The van der Waals surface area contributed by atoms with E-state index in [9.17, 15) is 4.79 Å². The van der Waals surface area contributed by atoms with Crippen molar-refractivity contribution in [1.29, 1.82) is 0 Å². The quantitative estimate of drug-likeness (QED) is 0.477. The topological polar surface area (TPSA) is 37.3 Å². The van der Waals surface area contributed by atoms with Crippen LogP contribution in [-0.2, 0) is 4.79 Å². The summed E-state index contributed by atoms with van der Waals surface area (Å²) in [6, 6.07) is 0. The van der Waals surface area contributed by atoms with Crippen LogP contribution >= 0.6 is 0 Å². The molecular formula is C4H8LiO2. The van der Waals surface area contributed by atoms with Crippen molar-refractivity contribution in [3.63, 3.8) is 0 Å². The zero-order valence-corrected chi connectivity index (χ0v) is 4.93. The maximum absolute atomic E-state index is 9.70. The minimum absolute atomic E-state index is 0. The molecule has 0 aliphatic carbocycles. The first-order valence-electron chi connectivity index (χ1n) is 1.87. The van der Waals surface area contributed by atoms with Gasteiger partial charge >= 0.3 is 5.97 Å². The molecule has 0 saturated carbocycles. The van der Waals surface area contributed by atoms with Crippen LogP contribution in [0.4, 0.5) is 0 Å². The molecule has 0 amide bonds. The first kappa shape index (κ1) is 10.1. The SMILES string of the molecule is CC(C)C(=O)O.[Li]. The Kier molecular flexibility index (Phi) is 6.13. The molecule has 0 bridgehead atoms. The van der Waals surface area contributed by atoms with Crippen LogP contribution in [-0.4, -0.2) is 29.9 Å². The van der Waals surface area contributed by atoms with Crippen LogP contribution in [0, 0.1) is 5.92 Å². The summed E-state index contributed by atoms with van der Waals surface area (Å²) in [6.45, 7) is 3.28. The van der Waals surface area contributed by atoms with Gasteiger partial charge in [0.1, 0.15) is 0 Å². The molecule has 0 aromatic carbocycles. The maximum atomic E-state index is 9.70. The Bertz CT molecular complexity index is 60.7. The Hall–Kier alpha value is 0.0674. The summed E-state index contributed by atoms with van der Waals surface area (Å²) in [5.41, 5.74) is 0. The van der Waals surface area contributed by atoms with E-state index in [0.717, 1.165) is 0 Å². The Morgan fingerprint density at radius 3 is 1.71 bits per heavy atom. The van der Waals surface area contributed by atoms with E-state index in [1.165, 1.54) is 0 Å². The smallest absolute Gasteiger partial charge is 0.305 e. The van der Waals surface area contributed by atoms with E-state index >= 15 is 0 Å². The standard InChI is InChI=1S/C4H8O2.Li/c1-3(2)4(5)6;/h3H,1-2H3,(H,5,6);. The molecule has 0 rings (SSSR count). The molecule has 0 spiro atoms. The zero-order valence-electron chi connectivity index (χ0n) is 4.93. The van der Waals surface area contributed by atoms with Crippen molar-refractivity contribution >= 4 is 24.8 Å². The second kappa shape index (κ2) is 4.23. The van der Waals surface area contributed by atoms with Gasteiger partial charge in [-0.15, -0.1) is 0 Å². The molecule has 3 heteroatoms. The molecule has 0 aliphatic heterocycles. The molecule has 0 heterocycles. The molecule has 0 saturated heterocycles. The molecule has 1 N–H and O–H groups in total. The van der Waals surface area contributed by atoms with Crippen molar-refractivity contribution in [2.75, 3.05) is 0 Å². The summed E-state index contributed by atoms with van der Waals surface area (Å²) in [7, 11) is 0. The molecule has 37 valence electrons. The maximum Gasteiger partial charge on any atom is 0.305 e. The van der Waals surface area contributed by atoms with Gasteiger partial charge in [0.25, 0.3) is 0 Å². The van der Waals surface area contributed by atoms with Crippen LogP contribution in [0.2, 0.25) is 0 Å². The van der Waals surface area contributed by atoms with Gasteiger partial charge in [-0.1, -0.05) is 13.8 Å². The number of hydrogen-bond donors (Lipinski definition) is 1. The van der Waals surface area contributed by atoms with E-state index in [4.69, 9.17) is 5.11 Å². The van der Waals surface area contributed by atoms with Crippen molar-refractivity contribution in [2.45, 2.75) is 13.8 Å². The summed E-state index contributed by atoms with van der Waals surface area (Å²) in [4.78, 5) is 9.70. The van der Waals surface area contributed by atoms with Crippen LogP contribution in [0.5, 0.6) is 0 Å². The van der Waals surface area contributed by atoms with Gasteiger partial charge in [0.2, 0.25) is 0 Å². The summed E-state index contributed by atoms with van der Waals surface area (Å²) >= 11 is 0. The van der Waals surface area contributed by atoms with Crippen molar-refractivity contribution < 1.29 is 9.90 Å². The Morgan fingerprint density at radius 2 is 1.71 bits per heavy atom. The van der Waals surface area contributed by atoms with Gasteiger partial charge in [-0.2, -0.15) is 0 Å². The van der Waals surface area contributed by atoms with Gasteiger partial charge < -0.3 is 5.11 Å². The van der Waals surface area contributed by atoms with Crippen molar-refractivity contribution in [3.8, 4) is 0 Å². The Labute approximate surface area is 55.1 Å². The van der Waals surface area contributed by atoms with Crippen LogP contribution in [0.25, 0.3) is 0 Å². The average Bonchev–Trinajstić information content (AvgIpc) is 1.36. The fourth-order valence-electron chi connectivity index (χ4n) is 0. The minimum atomic E-state index is -0.741. The zero-order chi connectivity index (χ0) is 5.15. The van der Waals surface area contributed by atoms with Crippen molar-refractivity contribution in [2.24, 2.45) is 5.92 Å². The summed E-state index contributed by atoms with van der Waals surface area (Å²) < 4.78 is 0. The minimum Gasteiger partial charge on any atom is -0.481 e.